The van der Waals surface area contributed by atoms with Crippen LogP contribution < -0.4 is 4.52 Å². The summed E-state index contributed by atoms with van der Waals surface area (Å²) >= 11 is 0. The number of hydrogen-bond donors (Lipinski definition) is 1. The highest BCUT2D eigenvalue weighted by Crippen LogP contribution is 2.44. The van der Waals surface area contributed by atoms with Gasteiger partial charge in [-0.05, 0) is 29.5 Å². The van der Waals surface area contributed by atoms with E-state index in [9.17, 15) is 8.76 Å². The van der Waals surface area contributed by atoms with Crippen LogP contribution in [0.2, 0.25) is 0 Å². The Morgan fingerprint density at radius 3 is 2.25 bits per heavy atom. The summed E-state index contributed by atoms with van der Waals surface area (Å²) in [6.45, 7) is 6.26. The normalized spacial score (nSPS) is 15.6. The second-order valence-electron chi connectivity index (χ2n) is 4.30. The Bertz CT molecular complexity index is 394. The first kappa shape index (κ1) is 13.2. The summed E-state index contributed by atoms with van der Waals surface area (Å²) in [5, 5.41) is 0. The first-order chi connectivity index (χ1) is 7.24. The van der Waals surface area contributed by atoms with Crippen LogP contribution in [0.15, 0.2) is 24.3 Å². The zero-order chi connectivity index (χ0) is 12.4. The van der Waals surface area contributed by atoms with Gasteiger partial charge in [0.25, 0.3) is 0 Å². The zero-order valence-corrected chi connectivity index (χ0v) is 10.5. The minimum atomic E-state index is -4.95. The molecule has 0 saturated heterocycles. The van der Waals surface area contributed by atoms with Crippen molar-refractivity contribution in [3.05, 3.63) is 29.8 Å². The van der Waals surface area contributed by atoms with E-state index in [1.165, 1.54) is 12.1 Å². The third-order valence-electron chi connectivity index (χ3n) is 2.74. The van der Waals surface area contributed by atoms with Gasteiger partial charge in [-0.3, -0.25) is 4.89 Å². The molecule has 0 bridgehead atoms. The molecule has 1 aromatic carbocycles. The molecular formula is C11H16FO3P. The average Bonchev–Trinajstić information content (AvgIpc) is 2.16. The molecule has 0 aliphatic carbocycles. The second-order valence-corrected chi connectivity index (χ2v) is 5.39. The van der Waals surface area contributed by atoms with Gasteiger partial charge in [-0.15, -0.1) is 4.20 Å². The molecule has 0 aliphatic heterocycles. The van der Waals surface area contributed by atoms with Crippen LogP contribution in [0.1, 0.15) is 32.8 Å². The first-order valence-electron chi connectivity index (χ1n) is 5.07. The van der Waals surface area contributed by atoms with Crippen molar-refractivity contribution < 1.29 is 18.2 Å². The summed E-state index contributed by atoms with van der Waals surface area (Å²) < 4.78 is 27.0. The van der Waals surface area contributed by atoms with E-state index < -0.39 is 7.91 Å². The lowest BCUT2D eigenvalue weighted by molar-refractivity contribution is 0.330. The third kappa shape index (κ3) is 3.62. The third-order valence-corrected chi connectivity index (χ3v) is 3.17. The Morgan fingerprint density at radius 2 is 1.88 bits per heavy atom. The van der Waals surface area contributed by atoms with Crippen LogP contribution in [0.25, 0.3) is 0 Å². The zero-order valence-electron chi connectivity index (χ0n) is 9.61. The lowest BCUT2D eigenvalue weighted by Gasteiger charge is -2.23. The van der Waals surface area contributed by atoms with E-state index in [0.717, 1.165) is 12.0 Å². The molecule has 16 heavy (non-hydrogen) atoms. The molecular weight excluding hydrogens is 230 g/mol. The van der Waals surface area contributed by atoms with Crippen molar-refractivity contribution >= 4 is 7.91 Å². The molecule has 0 spiro atoms. The highest BCUT2D eigenvalue weighted by molar-refractivity contribution is 7.47. The summed E-state index contributed by atoms with van der Waals surface area (Å²) in [6, 6.07) is 6.54. The van der Waals surface area contributed by atoms with E-state index in [4.69, 9.17) is 4.89 Å². The molecule has 3 nitrogen and oxygen atoms in total. The first-order valence-corrected chi connectivity index (χ1v) is 6.54. The Balaban J connectivity index is 2.88. The summed E-state index contributed by atoms with van der Waals surface area (Å²) in [5.41, 5.74) is 1.10. The molecule has 1 N–H and O–H groups in total. The number of hydrogen-bond acceptors (Lipinski definition) is 2. The van der Waals surface area contributed by atoms with Gasteiger partial charge >= 0.3 is 7.91 Å². The van der Waals surface area contributed by atoms with Gasteiger partial charge in [0.15, 0.2) is 0 Å². The number of benzene rings is 1. The molecule has 1 rings (SSSR count). The number of halogens is 1. The van der Waals surface area contributed by atoms with Crippen molar-refractivity contribution in [2.24, 2.45) is 0 Å². The fourth-order valence-electron chi connectivity index (χ4n) is 1.30. The smallest absolute Gasteiger partial charge is 0.401 e. The van der Waals surface area contributed by atoms with Crippen molar-refractivity contribution in [3.8, 4) is 5.75 Å². The fourth-order valence-corrected chi connectivity index (χ4v) is 1.68. The SMILES string of the molecule is CCC(C)(C)c1ccc(OP(=O)(O)F)cc1. The summed E-state index contributed by atoms with van der Waals surface area (Å²) in [4.78, 5) is 8.41. The Morgan fingerprint density at radius 1 is 1.38 bits per heavy atom. The fraction of sp³-hybridized carbons (Fsp3) is 0.455. The van der Waals surface area contributed by atoms with Crippen molar-refractivity contribution in [1.82, 2.24) is 0 Å². The molecule has 0 amide bonds. The lowest BCUT2D eigenvalue weighted by atomic mass is 9.82. The molecule has 0 heterocycles. The quantitative estimate of drug-likeness (QED) is 0.821. The van der Waals surface area contributed by atoms with Gasteiger partial charge in [0.2, 0.25) is 0 Å². The Kier molecular flexibility index (Phi) is 3.76. The molecule has 0 aliphatic rings. The predicted molar refractivity (Wildman–Crippen MR) is 61.3 cm³/mol. The van der Waals surface area contributed by atoms with Crippen molar-refractivity contribution in [2.75, 3.05) is 0 Å². The van der Waals surface area contributed by atoms with Gasteiger partial charge in [0.05, 0.1) is 0 Å². The van der Waals surface area contributed by atoms with Crippen LogP contribution in [0.5, 0.6) is 5.75 Å². The largest absolute Gasteiger partial charge is 0.567 e. The van der Waals surface area contributed by atoms with Crippen LogP contribution in [-0.4, -0.2) is 4.89 Å². The van der Waals surface area contributed by atoms with E-state index >= 15 is 0 Å². The van der Waals surface area contributed by atoms with Gasteiger partial charge < -0.3 is 4.52 Å². The Hall–Kier alpha value is -0.860. The minimum Gasteiger partial charge on any atom is -0.401 e. The molecule has 1 unspecified atom stereocenters. The molecule has 0 saturated carbocycles. The molecule has 90 valence electrons. The molecule has 0 fully saturated rings. The summed E-state index contributed by atoms with van der Waals surface area (Å²) in [6.07, 6.45) is 0.967. The van der Waals surface area contributed by atoms with Crippen LogP contribution in [0.4, 0.5) is 4.20 Å². The Labute approximate surface area is 94.9 Å². The highest BCUT2D eigenvalue weighted by Gasteiger charge is 2.21. The minimum absolute atomic E-state index is 0.0250. The van der Waals surface area contributed by atoms with Crippen LogP contribution >= 0.6 is 7.91 Å². The monoisotopic (exact) mass is 246 g/mol. The van der Waals surface area contributed by atoms with Crippen LogP contribution in [0, 0.1) is 0 Å². The van der Waals surface area contributed by atoms with E-state index in [2.05, 4.69) is 25.3 Å². The van der Waals surface area contributed by atoms with Crippen molar-refractivity contribution in [3.63, 3.8) is 0 Å². The average molecular weight is 246 g/mol. The molecule has 0 aromatic heterocycles. The van der Waals surface area contributed by atoms with Gasteiger partial charge in [0.1, 0.15) is 5.75 Å². The van der Waals surface area contributed by atoms with E-state index in [0.29, 0.717) is 0 Å². The molecule has 1 aromatic rings. The van der Waals surface area contributed by atoms with E-state index in [1.807, 2.05) is 0 Å². The molecule has 0 radical (unpaired) electrons. The maximum Gasteiger partial charge on any atom is 0.567 e. The number of rotatable bonds is 4. The summed E-state index contributed by atoms with van der Waals surface area (Å²) in [7, 11) is -4.95. The van der Waals surface area contributed by atoms with E-state index in [1.54, 1.807) is 12.1 Å². The molecule has 5 heteroatoms. The second kappa shape index (κ2) is 4.56. The highest BCUT2D eigenvalue weighted by atomic mass is 31.2. The van der Waals surface area contributed by atoms with Gasteiger partial charge in [0, 0.05) is 0 Å². The van der Waals surface area contributed by atoms with Crippen LogP contribution in [-0.2, 0) is 9.98 Å². The maximum atomic E-state index is 12.4. The van der Waals surface area contributed by atoms with Gasteiger partial charge in [-0.2, -0.15) is 0 Å². The van der Waals surface area contributed by atoms with Crippen LogP contribution in [0.3, 0.4) is 0 Å². The van der Waals surface area contributed by atoms with Crippen molar-refractivity contribution in [1.29, 1.82) is 0 Å². The summed E-state index contributed by atoms with van der Waals surface area (Å²) in [5.74, 6) is 0.0592. The maximum absolute atomic E-state index is 12.4. The lowest BCUT2D eigenvalue weighted by Crippen LogP contribution is -2.14. The topological polar surface area (TPSA) is 46.5 Å². The van der Waals surface area contributed by atoms with Crippen molar-refractivity contribution in [2.45, 2.75) is 32.6 Å². The van der Waals surface area contributed by atoms with E-state index in [-0.39, 0.29) is 11.2 Å². The molecule has 1 atom stereocenters. The predicted octanol–water partition coefficient (Wildman–Crippen LogP) is 3.82. The van der Waals surface area contributed by atoms with Gasteiger partial charge in [-0.1, -0.05) is 32.9 Å². The standard InChI is InChI=1S/C11H16FO3P/c1-4-11(2,3)9-5-7-10(8-6-9)15-16(12,13)14/h5-8H,4H2,1-3H3,(H,13,14). The van der Waals surface area contributed by atoms with Gasteiger partial charge in [-0.25, -0.2) is 4.57 Å².